The number of nitriles is 1. The molecule has 7 nitrogen and oxygen atoms in total. The highest BCUT2D eigenvalue weighted by molar-refractivity contribution is 6.09. The molecule has 3 aromatic rings. The molecule has 0 unspecified atom stereocenters. The minimum Gasteiger partial charge on any atom is -0.462 e. The van der Waals surface area contributed by atoms with Crippen molar-refractivity contribution in [2.45, 2.75) is 25.8 Å². The predicted octanol–water partition coefficient (Wildman–Crippen LogP) is 5.40. The average Bonchev–Trinajstić information content (AvgIpc) is 2.98. The Kier molecular flexibility index (Phi) is 9.87. The Labute approximate surface area is 230 Å². The van der Waals surface area contributed by atoms with Crippen LogP contribution in [0.4, 0.5) is 5.69 Å². The number of ether oxygens (including phenoxy) is 1. The number of nitrogens with one attached hydrogen (secondary N) is 1. The van der Waals surface area contributed by atoms with Crippen LogP contribution in [0.3, 0.4) is 0 Å². The molecule has 200 valence electrons. The number of unbranched alkanes of at least 4 members (excludes halogenated alkanes) is 1. The van der Waals surface area contributed by atoms with Crippen molar-refractivity contribution in [3.63, 3.8) is 0 Å². The van der Waals surface area contributed by atoms with Crippen LogP contribution in [0.25, 0.3) is 0 Å². The second-order valence-electron chi connectivity index (χ2n) is 9.44. The average molecular weight is 523 g/mol. The fourth-order valence-corrected chi connectivity index (χ4v) is 4.68. The number of rotatable bonds is 10. The maximum atomic E-state index is 13.0. The van der Waals surface area contributed by atoms with Crippen LogP contribution in [-0.4, -0.2) is 54.5 Å². The van der Waals surface area contributed by atoms with Gasteiger partial charge >= 0.3 is 5.97 Å². The van der Waals surface area contributed by atoms with Crippen molar-refractivity contribution in [3.8, 4) is 6.07 Å². The largest absolute Gasteiger partial charge is 0.462 e. The summed E-state index contributed by atoms with van der Waals surface area (Å²) in [7, 11) is 0. The summed E-state index contributed by atoms with van der Waals surface area (Å²) in [5, 5.41) is 12.5. The molecule has 7 heteroatoms. The van der Waals surface area contributed by atoms with Crippen LogP contribution >= 0.6 is 0 Å². The van der Waals surface area contributed by atoms with Gasteiger partial charge in [-0.15, -0.1) is 0 Å². The van der Waals surface area contributed by atoms with E-state index in [1.807, 2.05) is 30.0 Å². The van der Waals surface area contributed by atoms with Crippen molar-refractivity contribution in [1.82, 2.24) is 9.80 Å². The molecule has 0 saturated carbocycles. The number of hydrogen-bond donors (Lipinski definition) is 1. The molecular weight excluding hydrogens is 488 g/mol. The van der Waals surface area contributed by atoms with Crippen molar-refractivity contribution in [3.05, 3.63) is 113 Å². The third kappa shape index (κ3) is 7.34. The van der Waals surface area contributed by atoms with Crippen LogP contribution in [0.15, 0.2) is 96.7 Å². The Bertz CT molecular complexity index is 1270. The van der Waals surface area contributed by atoms with E-state index in [0.29, 0.717) is 25.4 Å². The number of benzene rings is 3. The smallest absolute Gasteiger partial charge is 0.340 e. The maximum absolute atomic E-state index is 13.0. The van der Waals surface area contributed by atoms with Crippen molar-refractivity contribution in [2.24, 2.45) is 0 Å². The molecule has 0 aliphatic carbocycles. The lowest BCUT2D eigenvalue weighted by atomic mass is 9.96. The molecule has 0 bridgehead atoms. The fraction of sp³-hybridized carbons (Fsp3) is 0.281. The normalized spacial score (nSPS) is 14.1. The summed E-state index contributed by atoms with van der Waals surface area (Å²) in [5.41, 5.74) is 3.04. The molecule has 0 radical (unpaired) electrons. The quantitative estimate of drug-likeness (QED) is 0.166. The van der Waals surface area contributed by atoms with Gasteiger partial charge in [-0.3, -0.25) is 9.69 Å². The Morgan fingerprint density at radius 1 is 0.923 bits per heavy atom. The van der Waals surface area contributed by atoms with E-state index in [9.17, 15) is 14.9 Å². The van der Waals surface area contributed by atoms with E-state index in [2.05, 4.69) is 58.7 Å². The van der Waals surface area contributed by atoms with Crippen molar-refractivity contribution < 1.29 is 14.3 Å². The zero-order valence-corrected chi connectivity index (χ0v) is 22.3. The van der Waals surface area contributed by atoms with E-state index < -0.39 is 11.9 Å². The van der Waals surface area contributed by atoms with Gasteiger partial charge in [-0.2, -0.15) is 5.26 Å². The number of esters is 1. The van der Waals surface area contributed by atoms with Gasteiger partial charge in [0.2, 0.25) is 0 Å². The van der Waals surface area contributed by atoms with Crippen LogP contribution in [0.5, 0.6) is 0 Å². The molecule has 3 aromatic carbocycles. The summed E-state index contributed by atoms with van der Waals surface area (Å²) in [6, 6.07) is 29.7. The zero-order valence-electron chi connectivity index (χ0n) is 22.3. The topological polar surface area (TPSA) is 85.7 Å². The minimum absolute atomic E-state index is 0.0136. The van der Waals surface area contributed by atoms with Gasteiger partial charge in [0.25, 0.3) is 5.91 Å². The highest BCUT2D eigenvalue weighted by Gasteiger charge is 2.26. The SMILES string of the molecule is CCCCOC(=O)c1ccccc1NC(=O)/C(C#N)=C\N1CCN(C(c2ccccc2)c2ccccc2)CC1. The van der Waals surface area contributed by atoms with Crippen LogP contribution in [0.2, 0.25) is 0 Å². The van der Waals surface area contributed by atoms with Gasteiger partial charge in [0.15, 0.2) is 0 Å². The molecule has 1 saturated heterocycles. The summed E-state index contributed by atoms with van der Waals surface area (Å²) in [4.78, 5) is 29.9. The molecule has 0 spiro atoms. The van der Waals surface area contributed by atoms with E-state index in [0.717, 1.165) is 25.9 Å². The Morgan fingerprint density at radius 2 is 1.51 bits per heavy atom. The van der Waals surface area contributed by atoms with Crippen molar-refractivity contribution in [1.29, 1.82) is 5.26 Å². The zero-order chi connectivity index (χ0) is 27.5. The molecule has 1 aliphatic heterocycles. The van der Waals surface area contributed by atoms with Crippen molar-refractivity contribution >= 4 is 17.6 Å². The standard InChI is InChI=1S/C32H34N4O3/c1-2-3-22-39-32(38)28-16-10-11-17-29(28)34-31(37)27(23-33)24-35-18-20-36(21-19-35)30(25-12-6-4-7-13-25)26-14-8-5-9-15-26/h4-17,24,30H,2-3,18-22H2,1H3,(H,34,37)/b27-24-. The van der Waals surface area contributed by atoms with E-state index >= 15 is 0 Å². The molecular formula is C32H34N4O3. The number of carbonyl (C=O) groups is 2. The summed E-state index contributed by atoms with van der Waals surface area (Å²) >= 11 is 0. The monoisotopic (exact) mass is 522 g/mol. The Balaban J connectivity index is 1.42. The number of carbonyl (C=O) groups excluding carboxylic acids is 2. The van der Waals surface area contributed by atoms with Gasteiger partial charge in [0, 0.05) is 32.4 Å². The molecule has 0 atom stereocenters. The molecule has 1 fully saturated rings. The molecule has 0 aromatic heterocycles. The van der Waals surface area contributed by atoms with E-state index in [-0.39, 0.29) is 17.2 Å². The summed E-state index contributed by atoms with van der Waals surface area (Å²) in [6.45, 7) is 5.24. The molecule has 39 heavy (non-hydrogen) atoms. The second kappa shape index (κ2) is 13.9. The van der Waals surface area contributed by atoms with E-state index in [1.165, 1.54) is 11.1 Å². The molecule has 1 heterocycles. The van der Waals surface area contributed by atoms with Gasteiger partial charge in [-0.25, -0.2) is 4.79 Å². The van der Waals surface area contributed by atoms with E-state index in [4.69, 9.17) is 4.74 Å². The van der Waals surface area contributed by atoms with Crippen LogP contribution in [0.1, 0.15) is 47.3 Å². The first-order valence-corrected chi connectivity index (χ1v) is 13.4. The number of anilines is 1. The third-order valence-corrected chi connectivity index (χ3v) is 6.75. The van der Waals surface area contributed by atoms with Gasteiger partial charge < -0.3 is 15.0 Å². The minimum atomic E-state index is -0.555. The highest BCUT2D eigenvalue weighted by Crippen LogP contribution is 2.29. The van der Waals surface area contributed by atoms with Gasteiger partial charge in [-0.05, 0) is 29.7 Å². The predicted molar refractivity (Wildman–Crippen MR) is 152 cm³/mol. The van der Waals surface area contributed by atoms with Gasteiger partial charge in [-0.1, -0.05) is 86.1 Å². The van der Waals surface area contributed by atoms with Gasteiger partial charge in [0.1, 0.15) is 11.6 Å². The third-order valence-electron chi connectivity index (χ3n) is 6.75. The van der Waals surface area contributed by atoms with Crippen LogP contribution in [-0.2, 0) is 9.53 Å². The molecule has 4 rings (SSSR count). The molecule has 1 amide bonds. The number of hydrogen-bond acceptors (Lipinski definition) is 6. The summed E-state index contributed by atoms with van der Waals surface area (Å²) < 4.78 is 5.31. The lowest BCUT2D eigenvalue weighted by Crippen LogP contribution is -2.46. The van der Waals surface area contributed by atoms with Gasteiger partial charge in [0.05, 0.1) is 23.9 Å². The first-order chi connectivity index (χ1) is 19.1. The maximum Gasteiger partial charge on any atom is 0.340 e. The lowest BCUT2D eigenvalue weighted by molar-refractivity contribution is -0.112. The number of amides is 1. The summed E-state index contributed by atoms with van der Waals surface area (Å²) in [6.07, 6.45) is 3.30. The number of piperazine rings is 1. The molecule has 1 N–H and O–H groups in total. The van der Waals surface area contributed by atoms with Crippen LogP contribution < -0.4 is 5.32 Å². The van der Waals surface area contributed by atoms with E-state index in [1.54, 1.807) is 30.5 Å². The second-order valence-corrected chi connectivity index (χ2v) is 9.44. The first kappa shape index (κ1) is 27.6. The Morgan fingerprint density at radius 3 is 2.10 bits per heavy atom. The van der Waals surface area contributed by atoms with Crippen molar-refractivity contribution in [2.75, 3.05) is 38.1 Å². The summed E-state index contributed by atoms with van der Waals surface area (Å²) in [5.74, 6) is -1.05. The first-order valence-electron chi connectivity index (χ1n) is 13.4. The number of para-hydroxylation sites is 1. The Hall–Kier alpha value is -4.41. The van der Waals surface area contributed by atoms with Crippen LogP contribution in [0, 0.1) is 11.3 Å². The highest BCUT2D eigenvalue weighted by atomic mass is 16.5. The molecule has 1 aliphatic rings. The fourth-order valence-electron chi connectivity index (χ4n) is 4.68. The number of nitrogens with zero attached hydrogens (tertiary/aromatic N) is 3. The lowest BCUT2D eigenvalue weighted by Gasteiger charge is -2.39.